The minimum atomic E-state index is -0.716. The van der Waals surface area contributed by atoms with Gasteiger partial charge in [-0.25, -0.2) is 9.59 Å². The third-order valence-electron chi connectivity index (χ3n) is 17.2. The van der Waals surface area contributed by atoms with Gasteiger partial charge in [-0.1, -0.05) is 211 Å². The summed E-state index contributed by atoms with van der Waals surface area (Å²) in [6.45, 7) is 46.2. The molecule has 0 N–H and O–H groups in total. The Kier molecular flexibility index (Phi) is 14.9. The Morgan fingerprint density at radius 3 is 1.01 bits per heavy atom. The van der Waals surface area contributed by atoms with E-state index in [1.54, 1.807) is 12.1 Å². The number of ether oxygens (including phenoxy) is 3. The van der Waals surface area contributed by atoms with Crippen molar-refractivity contribution in [3.63, 3.8) is 0 Å². The molecule has 10 rings (SSSR count). The lowest BCUT2D eigenvalue weighted by molar-refractivity contribution is 0.0390. The fourth-order valence-electron chi connectivity index (χ4n) is 15.3. The summed E-state index contributed by atoms with van der Waals surface area (Å²) in [6.07, 6.45) is 4.07. The van der Waals surface area contributed by atoms with Crippen molar-refractivity contribution in [3.05, 3.63) is 173 Å². The highest BCUT2D eigenvalue weighted by Gasteiger charge is 2.36. The van der Waals surface area contributed by atoms with Crippen molar-refractivity contribution < 1.29 is 23.8 Å². The molecule has 0 bridgehead atoms. The minimum Gasteiger partial charge on any atom is -0.457 e. The molecule has 0 saturated heterocycles. The van der Waals surface area contributed by atoms with Crippen LogP contribution in [0.15, 0.2) is 140 Å². The van der Waals surface area contributed by atoms with Crippen LogP contribution in [-0.2, 0) is 26.4 Å². The molecule has 0 unspecified atom stereocenters. The number of cyclic esters (lactones) is 2. The monoisotopic (exact) mass is 1120 g/mol. The van der Waals surface area contributed by atoms with Crippen LogP contribution in [0.25, 0.3) is 43.1 Å². The third kappa shape index (κ3) is 12.1. The topological polar surface area (TPSA) is 65.1 Å². The summed E-state index contributed by atoms with van der Waals surface area (Å²) in [7, 11) is 0. The van der Waals surface area contributed by atoms with Crippen molar-refractivity contribution >= 4 is 72.1 Å². The van der Waals surface area contributed by atoms with E-state index in [9.17, 15) is 9.59 Å². The molecule has 84 heavy (non-hydrogen) atoms. The van der Waals surface area contributed by atoms with Crippen LogP contribution in [-0.4, -0.2) is 11.9 Å². The van der Waals surface area contributed by atoms with Gasteiger partial charge in [0.05, 0.1) is 16.8 Å². The summed E-state index contributed by atoms with van der Waals surface area (Å²) in [5.74, 6) is 0.764. The molecule has 0 spiro atoms. The van der Waals surface area contributed by atoms with Crippen molar-refractivity contribution in [2.75, 3.05) is 4.90 Å². The first-order valence-corrected chi connectivity index (χ1v) is 30.5. The Labute approximate surface area is 501 Å². The van der Waals surface area contributed by atoms with Crippen molar-refractivity contribution in [2.45, 2.75) is 186 Å². The van der Waals surface area contributed by atoms with Crippen LogP contribution in [0.2, 0.25) is 0 Å². The van der Waals surface area contributed by atoms with Crippen LogP contribution in [0.1, 0.15) is 207 Å². The normalized spacial score (nSPS) is 14.0. The number of carbonyl (C=O) groups is 2. The van der Waals surface area contributed by atoms with Crippen LogP contribution in [0.3, 0.4) is 0 Å². The van der Waals surface area contributed by atoms with Gasteiger partial charge >= 0.3 is 11.9 Å². The maximum atomic E-state index is 14.2. The Hall–Kier alpha value is -7.18. The number of hydrogen-bond donors (Lipinski definition) is 0. The maximum absolute atomic E-state index is 14.2. The standard InChI is InChI=1S/C78H91NO5/c1-71(2,3)44-75(13,14)48-24-32-52(33-25-48)79(53-34-26-49(27-35-53)76(15,16)45-72(4,5)6)61-41-40-58-64-56(61)22-21-23-57(64)66-62(82-54-36-28-50(29-37-54)77(17,18)46-73(7,8)9)42-59-65-60(70(81)84-69(59)80)43-63(67(58)68(65)66)83-55-38-30-51(31-39-55)78(19,20)47-74(10,11)12/h21-43H,44-47H2,1-20H3. The van der Waals surface area contributed by atoms with E-state index in [4.69, 9.17) is 14.2 Å². The Balaban J connectivity index is 1.25. The molecule has 9 aromatic carbocycles. The van der Waals surface area contributed by atoms with Crippen LogP contribution >= 0.6 is 0 Å². The van der Waals surface area contributed by atoms with Gasteiger partial charge < -0.3 is 19.1 Å². The molecule has 0 amide bonds. The van der Waals surface area contributed by atoms with Crippen molar-refractivity contribution in [3.8, 4) is 23.0 Å². The molecule has 9 aromatic rings. The zero-order chi connectivity index (χ0) is 61.1. The first-order valence-electron chi connectivity index (χ1n) is 30.5. The number of carbonyl (C=O) groups excluding carboxylic acids is 2. The zero-order valence-electron chi connectivity index (χ0n) is 54.1. The van der Waals surface area contributed by atoms with E-state index in [1.807, 2.05) is 24.3 Å². The number of fused-ring (bicyclic) bond motifs is 2. The van der Waals surface area contributed by atoms with Gasteiger partial charge in [0.25, 0.3) is 0 Å². The van der Waals surface area contributed by atoms with Gasteiger partial charge in [-0.05, 0) is 174 Å². The largest absolute Gasteiger partial charge is 0.457 e. The van der Waals surface area contributed by atoms with Gasteiger partial charge in [0.15, 0.2) is 0 Å². The summed E-state index contributed by atoms with van der Waals surface area (Å²) in [6, 6.07) is 49.6. The lowest BCUT2D eigenvalue weighted by atomic mass is 9.72. The quantitative estimate of drug-likeness (QED) is 0.0441. The molecule has 1 aliphatic rings. The van der Waals surface area contributed by atoms with E-state index in [0.29, 0.717) is 33.8 Å². The molecule has 0 radical (unpaired) electrons. The maximum Gasteiger partial charge on any atom is 0.346 e. The molecule has 0 atom stereocenters. The van der Waals surface area contributed by atoms with Gasteiger partial charge in [-0.15, -0.1) is 0 Å². The smallest absolute Gasteiger partial charge is 0.346 e. The average molecular weight is 1120 g/mol. The predicted octanol–water partition coefficient (Wildman–Crippen LogP) is 23.0. The molecule has 438 valence electrons. The Morgan fingerprint density at radius 1 is 0.345 bits per heavy atom. The molecule has 0 saturated carbocycles. The van der Waals surface area contributed by atoms with Gasteiger partial charge in [0.1, 0.15) is 23.0 Å². The fourth-order valence-corrected chi connectivity index (χ4v) is 15.3. The van der Waals surface area contributed by atoms with E-state index >= 15 is 0 Å². The third-order valence-corrected chi connectivity index (χ3v) is 17.2. The van der Waals surface area contributed by atoms with Crippen LogP contribution in [0.5, 0.6) is 23.0 Å². The van der Waals surface area contributed by atoms with Crippen LogP contribution < -0.4 is 14.4 Å². The second-order valence-electron chi connectivity index (χ2n) is 32.0. The lowest BCUT2D eigenvalue weighted by Crippen LogP contribution is -2.25. The number of esters is 2. The van der Waals surface area contributed by atoms with E-state index in [0.717, 1.165) is 75.1 Å². The molecule has 0 fully saturated rings. The number of nitrogens with zero attached hydrogens (tertiary/aromatic N) is 1. The van der Waals surface area contributed by atoms with Gasteiger partial charge in [0.2, 0.25) is 0 Å². The minimum absolute atomic E-state index is 0.0482. The molecule has 1 aliphatic heterocycles. The lowest BCUT2D eigenvalue weighted by Gasteiger charge is -2.34. The first kappa shape index (κ1) is 60.0. The van der Waals surface area contributed by atoms with Crippen LogP contribution in [0, 0.1) is 21.7 Å². The number of rotatable bonds is 15. The molecule has 0 aliphatic carbocycles. The first-order chi connectivity index (χ1) is 38.9. The van der Waals surface area contributed by atoms with Crippen LogP contribution in [0.4, 0.5) is 17.1 Å². The Bertz CT molecular complexity index is 3740. The number of anilines is 3. The molecular formula is C78H91NO5. The van der Waals surface area contributed by atoms with E-state index in [2.05, 4.69) is 247 Å². The highest BCUT2D eigenvalue weighted by molar-refractivity contribution is 6.40. The number of benzene rings is 9. The summed E-state index contributed by atoms with van der Waals surface area (Å²) in [4.78, 5) is 30.8. The summed E-state index contributed by atoms with van der Waals surface area (Å²) < 4.78 is 19.9. The highest BCUT2D eigenvalue weighted by atomic mass is 16.6. The second kappa shape index (κ2) is 20.8. The van der Waals surface area contributed by atoms with Crippen molar-refractivity contribution in [1.29, 1.82) is 0 Å². The van der Waals surface area contributed by atoms with Gasteiger partial charge in [-0.2, -0.15) is 0 Å². The average Bonchev–Trinajstić information content (AvgIpc) is 0.716. The summed E-state index contributed by atoms with van der Waals surface area (Å²) >= 11 is 0. The zero-order valence-corrected chi connectivity index (χ0v) is 54.1. The molecule has 0 aromatic heterocycles. The molecule has 6 heteroatoms. The van der Waals surface area contributed by atoms with E-state index in [-0.39, 0.29) is 54.4 Å². The molecule has 1 heterocycles. The predicted molar refractivity (Wildman–Crippen MR) is 354 cm³/mol. The summed E-state index contributed by atoms with van der Waals surface area (Å²) in [5.41, 5.74) is 8.91. The second-order valence-corrected chi connectivity index (χ2v) is 32.0. The van der Waals surface area contributed by atoms with Gasteiger partial charge in [-0.3, -0.25) is 0 Å². The van der Waals surface area contributed by atoms with Crippen molar-refractivity contribution in [2.24, 2.45) is 21.7 Å². The SMILES string of the molecule is CC(C)(C)CC(C)(C)c1ccc(Oc2cc3c4c(cc(Oc5ccc(C(C)(C)CC(C)(C)C)cc5)c5c6ccc(N(c7ccc(C(C)(C)CC(C)(C)C)cc7)c7ccc(C(C)(C)CC(C)(C)C)cc7)c7cccc(c2c45)c76)C(=O)OC3=O)cc1. The molecular weight excluding hydrogens is 1030 g/mol. The van der Waals surface area contributed by atoms with Crippen molar-refractivity contribution in [1.82, 2.24) is 0 Å². The Morgan fingerprint density at radius 2 is 0.667 bits per heavy atom. The molecule has 6 nitrogen and oxygen atoms in total. The van der Waals surface area contributed by atoms with E-state index < -0.39 is 11.9 Å². The van der Waals surface area contributed by atoms with Gasteiger partial charge in [0, 0.05) is 38.3 Å². The highest BCUT2D eigenvalue weighted by Crippen LogP contribution is 2.54. The fraction of sp³-hybridized carbons (Fsp3) is 0.410. The number of hydrogen-bond acceptors (Lipinski definition) is 6. The van der Waals surface area contributed by atoms with E-state index in [1.165, 1.54) is 22.3 Å². The summed E-state index contributed by atoms with van der Waals surface area (Å²) in [5, 5.41) is 6.62.